The molecule has 0 saturated carbocycles. The molecule has 0 amide bonds. The number of para-hydroxylation sites is 1. The number of fused-ring (bicyclic) bond motifs is 1. The molecule has 0 bridgehead atoms. The first kappa shape index (κ1) is 21.5. The average Bonchev–Trinajstić information content (AvgIpc) is 2.62. The van der Waals surface area contributed by atoms with Crippen LogP contribution in [0.5, 0.6) is 0 Å². The summed E-state index contributed by atoms with van der Waals surface area (Å²) in [6.07, 6.45) is 2.14. The number of benzene rings is 2. The molecule has 0 unspecified atom stereocenters. The van der Waals surface area contributed by atoms with Crippen LogP contribution >= 0.6 is 24.0 Å². The van der Waals surface area contributed by atoms with E-state index in [0.717, 1.165) is 37.3 Å². The van der Waals surface area contributed by atoms with Gasteiger partial charge in [0.05, 0.1) is 11.9 Å². The lowest BCUT2D eigenvalue weighted by Gasteiger charge is -2.31. The molecule has 0 atom stereocenters. The van der Waals surface area contributed by atoms with E-state index in [4.69, 9.17) is 0 Å². The number of hydrogen-bond donors (Lipinski definition) is 2. The molecule has 8 heteroatoms. The molecule has 1 aliphatic rings. The molecule has 2 aromatic carbocycles. The molecule has 27 heavy (non-hydrogen) atoms. The Morgan fingerprint density at radius 2 is 1.78 bits per heavy atom. The van der Waals surface area contributed by atoms with Gasteiger partial charge < -0.3 is 10.2 Å². The van der Waals surface area contributed by atoms with Crippen molar-refractivity contribution in [3.05, 3.63) is 65.2 Å². The van der Waals surface area contributed by atoms with Crippen LogP contribution in [0.15, 0.2) is 53.5 Å². The Balaban J connectivity index is 0.00000261. The number of rotatable bonds is 4. The molecule has 3 rings (SSSR count). The number of aliphatic imine (C=N–C) groups is 1. The monoisotopic (exact) mass is 500 g/mol. The molecule has 0 spiro atoms. The number of nitrogens with one attached hydrogen (secondary N) is 2. The molecular formula is C19H25IN4O2S. The Morgan fingerprint density at radius 3 is 2.48 bits per heavy atom. The van der Waals surface area contributed by atoms with Crippen LogP contribution in [-0.2, 0) is 29.5 Å². The summed E-state index contributed by atoms with van der Waals surface area (Å²) < 4.78 is 25.7. The minimum Gasteiger partial charge on any atom is -0.352 e. The lowest BCUT2D eigenvalue weighted by molar-refractivity contribution is 0.378. The molecule has 6 nitrogen and oxygen atoms in total. The Labute approximate surface area is 178 Å². The maximum absolute atomic E-state index is 11.5. The van der Waals surface area contributed by atoms with Crippen molar-refractivity contribution in [3.8, 4) is 0 Å². The predicted octanol–water partition coefficient (Wildman–Crippen LogP) is 2.81. The second-order valence-electron chi connectivity index (χ2n) is 6.37. The fraction of sp³-hybridized carbons (Fsp3) is 0.316. The van der Waals surface area contributed by atoms with Gasteiger partial charge in [-0.25, -0.2) is 8.42 Å². The number of hydrogen-bond acceptors (Lipinski definition) is 3. The molecule has 0 radical (unpaired) electrons. The van der Waals surface area contributed by atoms with E-state index in [0.29, 0.717) is 12.2 Å². The summed E-state index contributed by atoms with van der Waals surface area (Å²) in [7, 11) is -1.55. The van der Waals surface area contributed by atoms with Crippen molar-refractivity contribution >= 4 is 45.6 Å². The third-order valence-electron chi connectivity index (χ3n) is 4.39. The summed E-state index contributed by atoms with van der Waals surface area (Å²) in [4.78, 5) is 6.61. The first-order valence-electron chi connectivity index (χ1n) is 8.54. The van der Waals surface area contributed by atoms with Gasteiger partial charge in [0.1, 0.15) is 0 Å². The van der Waals surface area contributed by atoms with E-state index >= 15 is 0 Å². The molecule has 2 aromatic rings. The molecule has 1 heterocycles. The van der Waals surface area contributed by atoms with Crippen LogP contribution in [0.2, 0.25) is 0 Å². The van der Waals surface area contributed by atoms with Crippen LogP contribution < -0.4 is 10.0 Å². The second kappa shape index (κ2) is 9.41. The van der Waals surface area contributed by atoms with Crippen LogP contribution in [0.3, 0.4) is 0 Å². The Bertz CT molecular complexity index is 915. The first-order chi connectivity index (χ1) is 12.5. The number of halogens is 1. The summed E-state index contributed by atoms with van der Waals surface area (Å²) in [5.74, 6) is 0.814. The smallest absolute Gasteiger partial charge is 0.229 e. The maximum atomic E-state index is 11.5. The van der Waals surface area contributed by atoms with E-state index in [2.05, 4.69) is 44.2 Å². The molecule has 0 saturated heterocycles. The van der Waals surface area contributed by atoms with Crippen molar-refractivity contribution in [2.45, 2.75) is 19.5 Å². The van der Waals surface area contributed by atoms with Gasteiger partial charge in [-0.2, -0.15) is 0 Å². The number of guanidine groups is 1. The number of anilines is 1. The highest BCUT2D eigenvalue weighted by Gasteiger charge is 2.18. The summed E-state index contributed by atoms with van der Waals surface area (Å²) in [6.45, 7) is 2.21. The highest BCUT2D eigenvalue weighted by Crippen LogP contribution is 2.19. The van der Waals surface area contributed by atoms with Gasteiger partial charge in [-0.1, -0.05) is 42.5 Å². The Hall–Kier alpha value is -1.81. The third-order valence-corrected chi connectivity index (χ3v) is 4.98. The van der Waals surface area contributed by atoms with Crippen molar-refractivity contribution in [2.24, 2.45) is 4.99 Å². The second-order valence-corrected chi connectivity index (χ2v) is 8.12. The quantitative estimate of drug-likeness (QED) is 0.385. The van der Waals surface area contributed by atoms with E-state index < -0.39 is 10.0 Å². The maximum Gasteiger partial charge on any atom is 0.229 e. The van der Waals surface area contributed by atoms with E-state index in [1.165, 1.54) is 11.1 Å². The molecular weight excluding hydrogens is 475 g/mol. The van der Waals surface area contributed by atoms with Crippen LogP contribution in [0.25, 0.3) is 0 Å². The summed E-state index contributed by atoms with van der Waals surface area (Å²) >= 11 is 0. The highest BCUT2D eigenvalue weighted by molar-refractivity contribution is 14.0. The van der Waals surface area contributed by atoms with Crippen LogP contribution in [-0.4, -0.2) is 39.1 Å². The van der Waals surface area contributed by atoms with Crippen LogP contribution in [0, 0.1) is 0 Å². The standard InChI is InChI=1S/C19H24N4O2S.HI/c1-20-19(23-12-11-15-7-3-4-9-17(15)14-23)21-13-16-8-5-6-10-18(16)22-26(2,24)25;/h3-10,22H,11-14H2,1-2H3,(H,20,21);1H. The van der Waals surface area contributed by atoms with Crippen molar-refractivity contribution in [3.63, 3.8) is 0 Å². The van der Waals surface area contributed by atoms with Crippen molar-refractivity contribution in [2.75, 3.05) is 24.6 Å². The average molecular weight is 500 g/mol. The predicted molar refractivity (Wildman–Crippen MR) is 121 cm³/mol. The highest BCUT2D eigenvalue weighted by atomic mass is 127. The molecule has 1 aliphatic heterocycles. The Morgan fingerprint density at radius 1 is 1.11 bits per heavy atom. The topological polar surface area (TPSA) is 73.8 Å². The van der Waals surface area contributed by atoms with Gasteiger partial charge >= 0.3 is 0 Å². The van der Waals surface area contributed by atoms with Gasteiger partial charge in [0.25, 0.3) is 0 Å². The van der Waals surface area contributed by atoms with E-state index in [-0.39, 0.29) is 24.0 Å². The zero-order chi connectivity index (χ0) is 18.6. The minimum atomic E-state index is -3.32. The van der Waals surface area contributed by atoms with E-state index in [1.807, 2.05) is 18.2 Å². The SMILES string of the molecule is CN=C(NCc1ccccc1NS(C)(=O)=O)N1CCc2ccccc2C1.I. The van der Waals surface area contributed by atoms with Gasteiger partial charge in [0.2, 0.25) is 10.0 Å². The van der Waals surface area contributed by atoms with Gasteiger partial charge in [-0.05, 0) is 29.2 Å². The normalized spacial score (nSPS) is 14.1. The summed E-state index contributed by atoms with van der Waals surface area (Å²) in [5.41, 5.74) is 4.17. The van der Waals surface area contributed by atoms with E-state index in [9.17, 15) is 8.42 Å². The van der Waals surface area contributed by atoms with Crippen molar-refractivity contribution < 1.29 is 8.42 Å². The van der Waals surface area contributed by atoms with E-state index in [1.54, 1.807) is 13.1 Å². The van der Waals surface area contributed by atoms with Crippen molar-refractivity contribution in [1.29, 1.82) is 0 Å². The minimum absolute atomic E-state index is 0. The zero-order valence-corrected chi connectivity index (χ0v) is 18.6. The summed E-state index contributed by atoms with van der Waals surface area (Å²) in [5, 5.41) is 3.35. The molecule has 146 valence electrons. The molecule has 2 N–H and O–H groups in total. The van der Waals surface area contributed by atoms with Crippen LogP contribution in [0.1, 0.15) is 16.7 Å². The third kappa shape index (κ3) is 5.83. The molecule has 0 fully saturated rings. The first-order valence-corrected chi connectivity index (χ1v) is 10.4. The van der Waals surface area contributed by atoms with Gasteiger partial charge in [-0.3, -0.25) is 9.71 Å². The summed E-state index contributed by atoms with van der Waals surface area (Å²) in [6, 6.07) is 15.8. The van der Waals surface area contributed by atoms with Gasteiger partial charge in [0.15, 0.2) is 5.96 Å². The zero-order valence-electron chi connectivity index (χ0n) is 15.5. The van der Waals surface area contributed by atoms with Gasteiger partial charge in [0, 0.05) is 26.7 Å². The van der Waals surface area contributed by atoms with Crippen molar-refractivity contribution in [1.82, 2.24) is 10.2 Å². The van der Waals surface area contributed by atoms with Gasteiger partial charge in [-0.15, -0.1) is 24.0 Å². The fourth-order valence-corrected chi connectivity index (χ4v) is 3.76. The van der Waals surface area contributed by atoms with Crippen LogP contribution in [0.4, 0.5) is 5.69 Å². The molecule has 0 aliphatic carbocycles. The lowest BCUT2D eigenvalue weighted by Crippen LogP contribution is -2.43. The largest absolute Gasteiger partial charge is 0.352 e. The molecule has 0 aromatic heterocycles. The number of nitrogens with zero attached hydrogens (tertiary/aromatic N) is 2. The Kier molecular flexibility index (Phi) is 7.49. The lowest BCUT2D eigenvalue weighted by atomic mass is 10.0. The number of sulfonamides is 1. The fourth-order valence-electron chi connectivity index (χ4n) is 3.16.